The van der Waals surface area contributed by atoms with Crippen LogP contribution in [0.15, 0.2) is 30.3 Å². The van der Waals surface area contributed by atoms with Gasteiger partial charge in [0.2, 0.25) is 0 Å². The molecule has 0 amide bonds. The van der Waals surface area contributed by atoms with Crippen LogP contribution in [0.25, 0.3) is 10.8 Å². The number of aliphatic hydroxyl groups excluding tert-OH is 1. The molecule has 2 atom stereocenters. The summed E-state index contributed by atoms with van der Waals surface area (Å²) < 4.78 is 49.0. The number of fused-ring (bicyclic) bond motifs is 1. The number of rotatable bonds is 6. The summed E-state index contributed by atoms with van der Waals surface area (Å²) in [5, 5.41) is 10.7. The molecule has 0 spiro atoms. The standard InChI is InChI=1S/C28H38F3NO2/c1-4-20-5-10-24(11-6-20)34-26-12-9-22-7-8-23(17-25(22)27(26)28(29,30)31)18(2)32-15-13-21(14-16-32)19(3)33/h7-9,12,17-21,24,33H,4-6,10-11,13-16H2,1-3H3. The molecule has 188 valence electrons. The second kappa shape index (κ2) is 10.4. The zero-order valence-corrected chi connectivity index (χ0v) is 20.6. The number of halogens is 3. The number of ether oxygens (including phenoxy) is 1. The highest BCUT2D eigenvalue weighted by Crippen LogP contribution is 2.43. The first-order valence-corrected chi connectivity index (χ1v) is 12.9. The predicted octanol–water partition coefficient (Wildman–Crippen LogP) is 7.36. The largest absolute Gasteiger partial charge is 0.490 e. The minimum atomic E-state index is -4.49. The van der Waals surface area contributed by atoms with Gasteiger partial charge in [0.15, 0.2) is 0 Å². The summed E-state index contributed by atoms with van der Waals surface area (Å²) in [7, 11) is 0. The highest BCUT2D eigenvalue weighted by Gasteiger charge is 2.38. The lowest BCUT2D eigenvalue weighted by atomic mass is 9.86. The van der Waals surface area contributed by atoms with Crippen LogP contribution in [0.3, 0.4) is 0 Å². The zero-order chi connectivity index (χ0) is 24.5. The number of alkyl halides is 3. The number of aliphatic hydroxyl groups is 1. The van der Waals surface area contributed by atoms with Crippen molar-refractivity contribution in [1.29, 1.82) is 0 Å². The molecule has 6 heteroatoms. The second-order valence-corrected chi connectivity index (χ2v) is 10.4. The summed E-state index contributed by atoms with van der Waals surface area (Å²) in [6, 6.07) is 8.72. The van der Waals surface area contributed by atoms with Crippen LogP contribution < -0.4 is 4.74 Å². The van der Waals surface area contributed by atoms with Gasteiger partial charge in [0.05, 0.1) is 12.2 Å². The first-order valence-electron chi connectivity index (χ1n) is 12.9. The highest BCUT2D eigenvalue weighted by atomic mass is 19.4. The number of piperidine rings is 1. The maximum Gasteiger partial charge on any atom is 0.420 e. The summed E-state index contributed by atoms with van der Waals surface area (Å²) in [6.45, 7) is 7.74. The fourth-order valence-electron chi connectivity index (χ4n) is 5.81. The van der Waals surface area contributed by atoms with Gasteiger partial charge in [-0.1, -0.05) is 31.5 Å². The van der Waals surface area contributed by atoms with Gasteiger partial charge in [-0.15, -0.1) is 0 Å². The first kappa shape index (κ1) is 25.3. The van der Waals surface area contributed by atoms with E-state index >= 15 is 0 Å². The van der Waals surface area contributed by atoms with Crippen LogP contribution >= 0.6 is 0 Å². The Morgan fingerprint density at radius 1 is 1.00 bits per heavy atom. The average molecular weight is 478 g/mol. The van der Waals surface area contributed by atoms with Crippen molar-refractivity contribution in [3.05, 3.63) is 41.5 Å². The van der Waals surface area contributed by atoms with Crippen molar-refractivity contribution in [3.8, 4) is 5.75 Å². The fourth-order valence-corrected chi connectivity index (χ4v) is 5.81. The van der Waals surface area contributed by atoms with Crippen molar-refractivity contribution in [1.82, 2.24) is 4.90 Å². The average Bonchev–Trinajstić information content (AvgIpc) is 2.82. The van der Waals surface area contributed by atoms with E-state index in [0.717, 1.165) is 63.6 Å². The molecule has 2 fully saturated rings. The second-order valence-electron chi connectivity index (χ2n) is 10.4. The normalized spacial score (nSPS) is 24.8. The molecule has 0 bridgehead atoms. The molecule has 2 aromatic carbocycles. The Bertz CT molecular complexity index is 958. The Kier molecular flexibility index (Phi) is 7.78. The molecule has 3 nitrogen and oxygen atoms in total. The Morgan fingerprint density at radius 3 is 2.24 bits per heavy atom. The summed E-state index contributed by atoms with van der Waals surface area (Å²) in [5.74, 6) is 0.916. The van der Waals surface area contributed by atoms with E-state index < -0.39 is 11.7 Å². The molecule has 4 rings (SSSR count). The van der Waals surface area contributed by atoms with Crippen LogP contribution in [0, 0.1) is 11.8 Å². The van der Waals surface area contributed by atoms with Crippen molar-refractivity contribution in [2.24, 2.45) is 11.8 Å². The van der Waals surface area contributed by atoms with E-state index in [4.69, 9.17) is 4.74 Å². The van der Waals surface area contributed by atoms with E-state index in [1.807, 2.05) is 13.0 Å². The topological polar surface area (TPSA) is 32.7 Å². The van der Waals surface area contributed by atoms with Crippen LogP contribution in [-0.4, -0.2) is 35.3 Å². The Labute approximate surface area is 201 Å². The van der Waals surface area contributed by atoms with Gasteiger partial charge in [-0.25, -0.2) is 0 Å². The number of nitrogens with zero attached hydrogens (tertiary/aromatic N) is 1. The Balaban J connectivity index is 1.60. The summed E-state index contributed by atoms with van der Waals surface area (Å²) in [5.41, 5.74) is 0.235. The van der Waals surface area contributed by atoms with E-state index in [1.54, 1.807) is 18.2 Å². The van der Waals surface area contributed by atoms with Crippen LogP contribution in [-0.2, 0) is 6.18 Å². The highest BCUT2D eigenvalue weighted by molar-refractivity contribution is 5.89. The van der Waals surface area contributed by atoms with Gasteiger partial charge in [0.1, 0.15) is 11.3 Å². The number of benzene rings is 2. The quantitative estimate of drug-likeness (QED) is 0.472. The van der Waals surface area contributed by atoms with Gasteiger partial charge in [-0.3, -0.25) is 4.90 Å². The lowest BCUT2D eigenvalue weighted by molar-refractivity contribution is -0.138. The SMILES string of the molecule is CCC1CCC(Oc2ccc3ccc(C(C)N4CCC(C(C)O)CC4)cc3c2C(F)(F)F)CC1. The first-order chi connectivity index (χ1) is 16.2. The third kappa shape index (κ3) is 5.54. The molecule has 2 aliphatic rings. The van der Waals surface area contributed by atoms with Crippen molar-refractivity contribution < 1.29 is 23.0 Å². The molecule has 1 N–H and O–H groups in total. The molecule has 34 heavy (non-hydrogen) atoms. The molecule has 1 aliphatic carbocycles. The lowest BCUT2D eigenvalue weighted by Crippen LogP contribution is -2.38. The Hall–Kier alpha value is -1.79. The maximum atomic E-state index is 14.3. The number of likely N-dealkylation sites (tertiary alicyclic amines) is 1. The third-order valence-electron chi connectivity index (χ3n) is 8.24. The van der Waals surface area contributed by atoms with Crippen LogP contribution in [0.2, 0.25) is 0 Å². The van der Waals surface area contributed by atoms with E-state index in [-0.39, 0.29) is 29.4 Å². The number of hydrogen-bond donors (Lipinski definition) is 1. The van der Waals surface area contributed by atoms with E-state index in [0.29, 0.717) is 17.2 Å². The molecular formula is C28H38F3NO2. The zero-order valence-electron chi connectivity index (χ0n) is 20.6. The van der Waals surface area contributed by atoms with Crippen molar-refractivity contribution in [2.75, 3.05) is 13.1 Å². The van der Waals surface area contributed by atoms with E-state index in [1.165, 1.54) is 6.07 Å². The molecule has 1 saturated heterocycles. The molecule has 1 heterocycles. The fraction of sp³-hybridized carbons (Fsp3) is 0.643. The van der Waals surface area contributed by atoms with Crippen molar-refractivity contribution in [3.63, 3.8) is 0 Å². The Morgan fingerprint density at radius 2 is 1.65 bits per heavy atom. The van der Waals surface area contributed by atoms with Crippen molar-refractivity contribution in [2.45, 2.75) is 90.1 Å². The van der Waals surface area contributed by atoms with Gasteiger partial charge >= 0.3 is 6.18 Å². The van der Waals surface area contributed by atoms with Crippen LogP contribution in [0.1, 0.15) is 82.9 Å². The molecule has 2 aromatic rings. The van der Waals surface area contributed by atoms with Gasteiger partial charge in [0.25, 0.3) is 0 Å². The minimum Gasteiger partial charge on any atom is -0.490 e. The van der Waals surface area contributed by atoms with Crippen molar-refractivity contribution >= 4 is 10.8 Å². The van der Waals surface area contributed by atoms with Gasteiger partial charge < -0.3 is 9.84 Å². The third-order valence-corrected chi connectivity index (χ3v) is 8.24. The van der Waals surface area contributed by atoms with Gasteiger partial charge in [0, 0.05) is 6.04 Å². The molecule has 1 aliphatic heterocycles. The monoisotopic (exact) mass is 477 g/mol. The maximum absolute atomic E-state index is 14.3. The van der Waals surface area contributed by atoms with E-state index in [9.17, 15) is 18.3 Å². The molecule has 1 saturated carbocycles. The summed E-state index contributed by atoms with van der Waals surface area (Å²) in [4.78, 5) is 2.31. The van der Waals surface area contributed by atoms with Crippen LogP contribution in [0.5, 0.6) is 5.75 Å². The summed E-state index contributed by atoms with van der Waals surface area (Å²) in [6.07, 6.45) is 1.62. The predicted molar refractivity (Wildman–Crippen MR) is 130 cm³/mol. The van der Waals surface area contributed by atoms with Gasteiger partial charge in [-0.2, -0.15) is 13.2 Å². The van der Waals surface area contributed by atoms with Gasteiger partial charge in [-0.05, 0) is 106 Å². The summed E-state index contributed by atoms with van der Waals surface area (Å²) >= 11 is 0. The molecule has 0 aromatic heterocycles. The van der Waals surface area contributed by atoms with E-state index in [2.05, 4.69) is 18.7 Å². The van der Waals surface area contributed by atoms with Crippen LogP contribution in [0.4, 0.5) is 13.2 Å². The smallest absolute Gasteiger partial charge is 0.420 e. The number of hydrogen-bond acceptors (Lipinski definition) is 3. The minimum absolute atomic E-state index is 0.00864. The lowest BCUT2D eigenvalue weighted by Gasteiger charge is -2.37. The molecule has 2 unspecified atom stereocenters. The molecule has 0 radical (unpaired) electrons. The molecular weight excluding hydrogens is 439 g/mol.